The number of nitrogens with one attached hydrogen (secondary N) is 1. The summed E-state index contributed by atoms with van der Waals surface area (Å²) in [6, 6.07) is 12.0. The van der Waals surface area contributed by atoms with Crippen LogP contribution in [-0.2, 0) is 17.8 Å². The topological polar surface area (TPSA) is 73.0 Å². The van der Waals surface area contributed by atoms with Gasteiger partial charge in [0.25, 0.3) is 0 Å². The van der Waals surface area contributed by atoms with Crippen molar-refractivity contribution in [2.75, 3.05) is 5.75 Å². The van der Waals surface area contributed by atoms with Gasteiger partial charge in [-0.3, -0.25) is 9.36 Å². The number of rotatable bonds is 10. The van der Waals surface area contributed by atoms with Crippen LogP contribution in [0.4, 0.5) is 0 Å². The number of allylic oxidation sites excluding steroid dienone is 1. The van der Waals surface area contributed by atoms with E-state index in [1.54, 1.807) is 18.4 Å². The fraction of sp³-hybridized carbons (Fsp3) is 0.348. The van der Waals surface area contributed by atoms with E-state index in [1.165, 1.54) is 17.3 Å². The molecular formula is C23H28N4O2S. The number of nitrogens with zero attached hydrogens (tertiary/aromatic N) is 3. The number of carbonyl (C=O) groups is 1. The highest BCUT2D eigenvalue weighted by Gasteiger charge is 2.17. The number of hydrogen-bond acceptors (Lipinski definition) is 5. The van der Waals surface area contributed by atoms with Crippen molar-refractivity contribution in [3.05, 3.63) is 66.4 Å². The third-order valence-corrected chi connectivity index (χ3v) is 5.57. The van der Waals surface area contributed by atoms with E-state index in [0.29, 0.717) is 29.2 Å². The van der Waals surface area contributed by atoms with E-state index in [-0.39, 0.29) is 17.7 Å². The van der Waals surface area contributed by atoms with Gasteiger partial charge in [0.05, 0.1) is 18.1 Å². The average Bonchev–Trinajstić information content (AvgIpc) is 3.36. The van der Waals surface area contributed by atoms with Crippen molar-refractivity contribution in [3.63, 3.8) is 0 Å². The molecule has 2 heterocycles. The lowest BCUT2D eigenvalue weighted by Crippen LogP contribution is -2.28. The predicted molar refractivity (Wildman–Crippen MR) is 120 cm³/mol. The summed E-state index contributed by atoms with van der Waals surface area (Å²) < 4.78 is 7.32. The van der Waals surface area contributed by atoms with E-state index in [9.17, 15) is 4.79 Å². The first-order valence-corrected chi connectivity index (χ1v) is 11.1. The molecule has 3 rings (SSSR count). The maximum atomic E-state index is 12.5. The zero-order valence-electron chi connectivity index (χ0n) is 17.7. The summed E-state index contributed by atoms with van der Waals surface area (Å²) in [7, 11) is 0. The molecule has 0 aliphatic rings. The number of amides is 1. The maximum absolute atomic E-state index is 12.5. The highest BCUT2D eigenvalue weighted by Crippen LogP contribution is 2.24. The van der Waals surface area contributed by atoms with E-state index in [2.05, 4.69) is 60.2 Å². The Labute approximate surface area is 181 Å². The molecule has 1 amide bonds. The SMILES string of the molecule is C=CCn1c(SCC(=O)NC(C)c2ccc(CC(C)C)cc2)nnc1-c1ccco1. The van der Waals surface area contributed by atoms with E-state index < -0.39 is 0 Å². The molecule has 158 valence electrons. The van der Waals surface area contributed by atoms with Crippen molar-refractivity contribution in [1.29, 1.82) is 0 Å². The molecule has 0 saturated heterocycles. The second kappa shape index (κ2) is 10.3. The maximum Gasteiger partial charge on any atom is 0.230 e. The van der Waals surface area contributed by atoms with Crippen molar-refractivity contribution in [2.24, 2.45) is 5.92 Å². The summed E-state index contributed by atoms with van der Waals surface area (Å²) in [5, 5.41) is 12.1. The highest BCUT2D eigenvalue weighted by molar-refractivity contribution is 7.99. The first-order chi connectivity index (χ1) is 14.5. The van der Waals surface area contributed by atoms with Gasteiger partial charge in [0.15, 0.2) is 10.9 Å². The van der Waals surface area contributed by atoms with Crippen LogP contribution in [-0.4, -0.2) is 26.4 Å². The average molecular weight is 425 g/mol. The molecule has 2 aromatic heterocycles. The van der Waals surface area contributed by atoms with Crippen LogP contribution in [0.25, 0.3) is 11.6 Å². The van der Waals surface area contributed by atoms with Crippen LogP contribution in [0.2, 0.25) is 0 Å². The normalized spacial score (nSPS) is 12.1. The van der Waals surface area contributed by atoms with Crippen molar-refractivity contribution in [3.8, 4) is 11.6 Å². The second-order valence-electron chi connectivity index (χ2n) is 7.60. The van der Waals surface area contributed by atoms with Gasteiger partial charge in [-0.1, -0.05) is 56.0 Å². The monoisotopic (exact) mass is 424 g/mol. The Morgan fingerprint density at radius 2 is 2.00 bits per heavy atom. The smallest absolute Gasteiger partial charge is 0.230 e. The van der Waals surface area contributed by atoms with Gasteiger partial charge in [-0.15, -0.1) is 16.8 Å². The van der Waals surface area contributed by atoms with Gasteiger partial charge in [-0.05, 0) is 42.5 Å². The van der Waals surface area contributed by atoms with Crippen LogP contribution in [0.15, 0.2) is 64.9 Å². The summed E-state index contributed by atoms with van der Waals surface area (Å²) in [4.78, 5) is 12.5. The Kier molecular flexibility index (Phi) is 7.52. The number of aromatic nitrogens is 3. The van der Waals surface area contributed by atoms with Crippen LogP contribution >= 0.6 is 11.8 Å². The van der Waals surface area contributed by atoms with Crippen molar-refractivity contribution >= 4 is 17.7 Å². The molecule has 0 fully saturated rings. The second-order valence-corrected chi connectivity index (χ2v) is 8.54. The van der Waals surface area contributed by atoms with Crippen molar-refractivity contribution in [1.82, 2.24) is 20.1 Å². The zero-order valence-corrected chi connectivity index (χ0v) is 18.5. The Bertz CT molecular complexity index is 962. The van der Waals surface area contributed by atoms with Gasteiger partial charge >= 0.3 is 0 Å². The van der Waals surface area contributed by atoms with Crippen LogP contribution in [0.3, 0.4) is 0 Å². The molecule has 0 saturated carbocycles. The molecule has 1 atom stereocenters. The summed E-state index contributed by atoms with van der Waals surface area (Å²) in [6.07, 6.45) is 4.42. The minimum absolute atomic E-state index is 0.0496. The number of furan rings is 1. The third-order valence-electron chi connectivity index (χ3n) is 4.60. The van der Waals surface area contributed by atoms with Gasteiger partial charge in [-0.2, -0.15) is 0 Å². The molecule has 0 bridgehead atoms. The number of hydrogen-bond donors (Lipinski definition) is 1. The number of carbonyl (C=O) groups excluding carboxylic acids is 1. The van der Waals surface area contributed by atoms with Crippen LogP contribution < -0.4 is 5.32 Å². The zero-order chi connectivity index (χ0) is 21.5. The molecule has 0 aliphatic heterocycles. The lowest BCUT2D eigenvalue weighted by Gasteiger charge is -2.15. The van der Waals surface area contributed by atoms with E-state index in [1.807, 2.05) is 17.6 Å². The molecule has 30 heavy (non-hydrogen) atoms. The largest absolute Gasteiger partial charge is 0.461 e. The minimum atomic E-state index is -0.0593. The number of benzene rings is 1. The van der Waals surface area contributed by atoms with Crippen molar-refractivity contribution < 1.29 is 9.21 Å². The van der Waals surface area contributed by atoms with Crippen LogP contribution in [0.5, 0.6) is 0 Å². The summed E-state index contributed by atoms with van der Waals surface area (Å²) >= 11 is 1.35. The standard InChI is InChI=1S/C23H28N4O2S/c1-5-12-27-22(20-7-6-13-29-20)25-26-23(27)30-15-21(28)24-17(4)19-10-8-18(9-11-19)14-16(2)3/h5-11,13,16-17H,1,12,14-15H2,2-4H3,(H,24,28). The first kappa shape index (κ1) is 21.9. The summed E-state index contributed by atoms with van der Waals surface area (Å²) in [5.41, 5.74) is 2.41. The van der Waals surface area contributed by atoms with E-state index >= 15 is 0 Å². The Morgan fingerprint density at radius 3 is 2.63 bits per heavy atom. The fourth-order valence-electron chi connectivity index (χ4n) is 3.19. The Balaban J connectivity index is 1.58. The first-order valence-electron chi connectivity index (χ1n) is 10.1. The lowest BCUT2D eigenvalue weighted by atomic mass is 10.00. The van der Waals surface area contributed by atoms with Gasteiger partial charge in [0.2, 0.25) is 11.7 Å². The summed E-state index contributed by atoms with van der Waals surface area (Å²) in [5.74, 6) is 2.09. The molecule has 0 spiro atoms. The van der Waals surface area contributed by atoms with Gasteiger partial charge in [0.1, 0.15) is 0 Å². The van der Waals surface area contributed by atoms with Crippen molar-refractivity contribution in [2.45, 2.75) is 44.9 Å². The molecule has 1 aromatic carbocycles. The summed E-state index contributed by atoms with van der Waals surface area (Å²) in [6.45, 7) is 10.7. The molecule has 0 radical (unpaired) electrons. The Hall–Kier alpha value is -2.80. The highest BCUT2D eigenvalue weighted by atomic mass is 32.2. The molecule has 1 N–H and O–H groups in total. The fourth-order valence-corrected chi connectivity index (χ4v) is 3.95. The molecule has 3 aromatic rings. The predicted octanol–water partition coefficient (Wildman–Crippen LogP) is 4.89. The minimum Gasteiger partial charge on any atom is -0.461 e. The van der Waals surface area contributed by atoms with E-state index in [0.717, 1.165) is 12.0 Å². The lowest BCUT2D eigenvalue weighted by molar-refractivity contribution is -0.119. The Morgan fingerprint density at radius 1 is 1.23 bits per heavy atom. The van der Waals surface area contributed by atoms with Gasteiger partial charge in [-0.25, -0.2) is 0 Å². The molecule has 6 nitrogen and oxygen atoms in total. The molecule has 7 heteroatoms. The molecular weight excluding hydrogens is 396 g/mol. The van der Waals surface area contributed by atoms with Gasteiger partial charge in [0, 0.05) is 6.54 Å². The molecule has 1 unspecified atom stereocenters. The molecule has 0 aliphatic carbocycles. The third kappa shape index (κ3) is 5.63. The van der Waals surface area contributed by atoms with Gasteiger partial charge < -0.3 is 9.73 Å². The van der Waals surface area contributed by atoms with E-state index in [4.69, 9.17) is 4.42 Å². The van der Waals surface area contributed by atoms with Crippen LogP contribution in [0.1, 0.15) is 37.9 Å². The number of thioether (sulfide) groups is 1. The van der Waals surface area contributed by atoms with Crippen LogP contribution in [0, 0.1) is 5.92 Å². The quantitative estimate of drug-likeness (QED) is 0.370.